The van der Waals surface area contributed by atoms with E-state index in [4.69, 9.17) is 4.98 Å². The molecule has 1 aliphatic rings. The SMILES string of the molecule is CCCCCCCC(NCCC)c1nc2c(s1)CCCC2. The van der Waals surface area contributed by atoms with E-state index in [0.717, 1.165) is 6.54 Å². The summed E-state index contributed by atoms with van der Waals surface area (Å²) in [6.07, 6.45) is 14.5. The molecule has 0 aromatic carbocycles. The Morgan fingerprint density at radius 1 is 1.05 bits per heavy atom. The highest BCUT2D eigenvalue weighted by Crippen LogP contribution is 2.31. The number of hydrogen-bond acceptors (Lipinski definition) is 3. The lowest BCUT2D eigenvalue weighted by molar-refractivity contribution is 0.465. The van der Waals surface area contributed by atoms with Gasteiger partial charge in [0.1, 0.15) is 5.01 Å². The fourth-order valence-electron chi connectivity index (χ4n) is 3.10. The second-order valence-corrected chi connectivity index (χ2v) is 7.45. The van der Waals surface area contributed by atoms with E-state index in [-0.39, 0.29) is 0 Å². The summed E-state index contributed by atoms with van der Waals surface area (Å²) in [6, 6.07) is 0.502. The van der Waals surface area contributed by atoms with E-state index in [2.05, 4.69) is 19.2 Å². The molecule has 0 amide bonds. The topological polar surface area (TPSA) is 24.9 Å². The van der Waals surface area contributed by atoms with E-state index in [1.807, 2.05) is 11.3 Å². The Labute approximate surface area is 134 Å². The third-order valence-electron chi connectivity index (χ3n) is 4.40. The van der Waals surface area contributed by atoms with Gasteiger partial charge in [-0.05, 0) is 45.1 Å². The molecule has 0 radical (unpaired) electrons. The Morgan fingerprint density at radius 2 is 1.86 bits per heavy atom. The molecule has 1 N–H and O–H groups in total. The van der Waals surface area contributed by atoms with Gasteiger partial charge in [-0.25, -0.2) is 4.98 Å². The predicted octanol–water partition coefficient (Wildman–Crippen LogP) is 5.42. The van der Waals surface area contributed by atoms with Gasteiger partial charge in [0.2, 0.25) is 0 Å². The Bertz CT molecular complexity index is 376. The quantitative estimate of drug-likeness (QED) is 0.583. The van der Waals surface area contributed by atoms with Crippen molar-refractivity contribution in [3.05, 3.63) is 15.6 Å². The molecule has 1 unspecified atom stereocenters. The van der Waals surface area contributed by atoms with Gasteiger partial charge >= 0.3 is 0 Å². The number of aryl methyl sites for hydroxylation is 2. The Kier molecular flexibility index (Phi) is 7.73. The molecule has 1 heterocycles. The third kappa shape index (κ3) is 5.37. The maximum absolute atomic E-state index is 4.98. The number of aromatic nitrogens is 1. The molecule has 0 spiro atoms. The first-order valence-corrected chi connectivity index (χ1v) is 9.88. The summed E-state index contributed by atoms with van der Waals surface area (Å²) in [6.45, 7) is 5.65. The number of nitrogens with one attached hydrogen (secondary N) is 1. The minimum atomic E-state index is 0.502. The van der Waals surface area contributed by atoms with Crippen LogP contribution in [0.2, 0.25) is 0 Å². The Morgan fingerprint density at radius 3 is 2.62 bits per heavy atom. The average Bonchev–Trinajstić information content (AvgIpc) is 2.93. The van der Waals surface area contributed by atoms with Crippen LogP contribution < -0.4 is 5.32 Å². The van der Waals surface area contributed by atoms with Crippen LogP contribution in [0.15, 0.2) is 0 Å². The second-order valence-electron chi connectivity index (χ2n) is 6.34. The largest absolute Gasteiger partial charge is 0.308 e. The van der Waals surface area contributed by atoms with Crippen LogP contribution in [0.1, 0.15) is 93.3 Å². The first-order valence-electron chi connectivity index (χ1n) is 9.07. The van der Waals surface area contributed by atoms with E-state index in [9.17, 15) is 0 Å². The maximum Gasteiger partial charge on any atom is 0.110 e. The Balaban J connectivity index is 1.89. The first kappa shape index (κ1) is 17.0. The first-order chi connectivity index (χ1) is 10.3. The lowest BCUT2D eigenvalue weighted by Crippen LogP contribution is -2.22. The van der Waals surface area contributed by atoms with Crippen molar-refractivity contribution in [3.8, 4) is 0 Å². The van der Waals surface area contributed by atoms with Crippen molar-refractivity contribution in [3.63, 3.8) is 0 Å². The number of rotatable bonds is 10. The molecule has 21 heavy (non-hydrogen) atoms. The van der Waals surface area contributed by atoms with Gasteiger partial charge in [0.05, 0.1) is 11.7 Å². The summed E-state index contributed by atoms with van der Waals surface area (Å²) in [5, 5.41) is 5.10. The molecule has 2 nitrogen and oxygen atoms in total. The van der Waals surface area contributed by atoms with Gasteiger partial charge in [0.15, 0.2) is 0 Å². The second kappa shape index (κ2) is 9.58. The van der Waals surface area contributed by atoms with Crippen molar-refractivity contribution in [2.75, 3.05) is 6.54 Å². The van der Waals surface area contributed by atoms with Crippen molar-refractivity contribution in [2.45, 2.75) is 90.5 Å². The molecule has 3 heteroatoms. The van der Waals surface area contributed by atoms with Gasteiger partial charge in [0.25, 0.3) is 0 Å². The molecule has 0 saturated carbocycles. The number of unbranched alkanes of at least 4 members (excludes halogenated alkanes) is 4. The van der Waals surface area contributed by atoms with E-state index >= 15 is 0 Å². The van der Waals surface area contributed by atoms with Gasteiger partial charge in [-0.1, -0.05) is 46.0 Å². The molecule has 1 aliphatic carbocycles. The van der Waals surface area contributed by atoms with Gasteiger partial charge in [-0.15, -0.1) is 11.3 Å². The number of nitrogens with zero attached hydrogens (tertiary/aromatic N) is 1. The van der Waals surface area contributed by atoms with Gasteiger partial charge in [0, 0.05) is 4.88 Å². The van der Waals surface area contributed by atoms with Crippen molar-refractivity contribution >= 4 is 11.3 Å². The average molecular weight is 309 g/mol. The minimum Gasteiger partial charge on any atom is -0.308 e. The van der Waals surface area contributed by atoms with Gasteiger partial charge in [-0.2, -0.15) is 0 Å². The van der Waals surface area contributed by atoms with E-state index in [1.165, 1.54) is 81.3 Å². The molecule has 2 rings (SSSR count). The number of thiazole rings is 1. The minimum absolute atomic E-state index is 0.502. The molecule has 120 valence electrons. The van der Waals surface area contributed by atoms with Crippen LogP contribution in [0.25, 0.3) is 0 Å². The van der Waals surface area contributed by atoms with Crippen molar-refractivity contribution in [1.29, 1.82) is 0 Å². The highest BCUT2D eigenvalue weighted by atomic mass is 32.1. The summed E-state index contributed by atoms with van der Waals surface area (Å²) in [7, 11) is 0. The van der Waals surface area contributed by atoms with Crippen LogP contribution in [0.3, 0.4) is 0 Å². The molecule has 1 aromatic rings. The Hall–Kier alpha value is -0.410. The van der Waals surface area contributed by atoms with Crippen molar-refractivity contribution < 1.29 is 0 Å². The van der Waals surface area contributed by atoms with Crippen LogP contribution in [0, 0.1) is 0 Å². The van der Waals surface area contributed by atoms with Crippen LogP contribution in [-0.2, 0) is 12.8 Å². The summed E-state index contributed by atoms with van der Waals surface area (Å²) < 4.78 is 0. The molecule has 0 aliphatic heterocycles. The molecule has 0 bridgehead atoms. The van der Waals surface area contributed by atoms with E-state index < -0.39 is 0 Å². The van der Waals surface area contributed by atoms with Crippen LogP contribution in [0.4, 0.5) is 0 Å². The third-order valence-corrected chi connectivity index (χ3v) is 5.67. The van der Waals surface area contributed by atoms with Crippen LogP contribution in [-0.4, -0.2) is 11.5 Å². The fourth-order valence-corrected chi connectivity index (χ4v) is 4.37. The summed E-state index contributed by atoms with van der Waals surface area (Å²) in [5.74, 6) is 0. The van der Waals surface area contributed by atoms with Crippen LogP contribution >= 0.6 is 11.3 Å². The van der Waals surface area contributed by atoms with Crippen molar-refractivity contribution in [2.24, 2.45) is 0 Å². The summed E-state index contributed by atoms with van der Waals surface area (Å²) in [4.78, 5) is 6.55. The summed E-state index contributed by atoms with van der Waals surface area (Å²) in [5.41, 5.74) is 1.41. The molecular weight excluding hydrogens is 276 g/mol. The lowest BCUT2D eigenvalue weighted by Gasteiger charge is -2.16. The van der Waals surface area contributed by atoms with E-state index in [1.54, 1.807) is 4.88 Å². The highest BCUT2D eigenvalue weighted by Gasteiger charge is 2.20. The zero-order chi connectivity index (χ0) is 14.9. The standard InChI is InChI=1S/C18H32N2S/c1-3-5-6-7-8-12-16(19-14-4-2)18-20-15-11-9-10-13-17(15)21-18/h16,19H,3-14H2,1-2H3. The monoisotopic (exact) mass is 308 g/mol. The molecule has 1 atom stereocenters. The van der Waals surface area contributed by atoms with Crippen molar-refractivity contribution in [1.82, 2.24) is 10.3 Å². The molecular formula is C18H32N2S. The lowest BCUT2D eigenvalue weighted by atomic mass is 10.0. The van der Waals surface area contributed by atoms with Gasteiger partial charge < -0.3 is 5.32 Å². The van der Waals surface area contributed by atoms with Crippen LogP contribution in [0.5, 0.6) is 0 Å². The summed E-state index contributed by atoms with van der Waals surface area (Å²) >= 11 is 1.99. The fraction of sp³-hybridized carbons (Fsp3) is 0.833. The zero-order valence-corrected chi connectivity index (χ0v) is 14.7. The molecule has 0 fully saturated rings. The smallest absolute Gasteiger partial charge is 0.110 e. The van der Waals surface area contributed by atoms with Gasteiger partial charge in [-0.3, -0.25) is 0 Å². The molecule has 1 aromatic heterocycles. The zero-order valence-electron chi connectivity index (χ0n) is 13.9. The van der Waals surface area contributed by atoms with E-state index in [0.29, 0.717) is 6.04 Å². The maximum atomic E-state index is 4.98. The predicted molar refractivity (Wildman–Crippen MR) is 93.2 cm³/mol. The molecule has 0 saturated heterocycles. The number of hydrogen-bond donors (Lipinski definition) is 1. The normalized spacial score (nSPS) is 15.9. The number of fused-ring (bicyclic) bond motifs is 1. The highest BCUT2D eigenvalue weighted by molar-refractivity contribution is 7.11.